The number of rotatable bonds is 7. The molecule has 0 spiro atoms. The molecule has 0 atom stereocenters. The molecule has 1 heterocycles. The first-order valence-electron chi connectivity index (χ1n) is 8.75. The summed E-state index contributed by atoms with van der Waals surface area (Å²) >= 11 is 1.56. The molecular formula is C21H17N3O3S. The van der Waals surface area contributed by atoms with Crippen LogP contribution in [0.1, 0.15) is 0 Å². The molecule has 1 aromatic heterocycles. The summed E-state index contributed by atoms with van der Waals surface area (Å²) in [6.07, 6.45) is 0. The Kier molecular flexibility index (Phi) is 5.25. The molecular weight excluding hydrogens is 374 g/mol. The summed E-state index contributed by atoms with van der Waals surface area (Å²) in [7, 11) is 0. The Morgan fingerprint density at radius 3 is 2.43 bits per heavy atom. The molecule has 0 aliphatic rings. The maximum atomic E-state index is 11.1. The summed E-state index contributed by atoms with van der Waals surface area (Å²) < 4.78 is 7.77. The first kappa shape index (κ1) is 18.1. The second-order valence-corrected chi connectivity index (χ2v) is 7.07. The van der Waals surface area contributed by atoms with Crippen molar-refractivity contribution in [3.8, 4) is 11.4 Å². The molecule has 3 aromatic carbocycles. The van der Waals surface area contributed by atoms with E-state index >= 15 is 0 Å². The molecule has 0 unspecified atom stereocenters. The van der Waals surface area contributed by atoms with Crippen LogP contribution in [0.25, 0.3) is 16.7 Å². The van der Waals surface area contributed by atoms with Crippen LogP contribution < -0.4 is 4.74 Å². The van der Waals surface area contributed by atoms with Gasteiger partial charge in [-0.05, 0) is 30.3 Å². The third kappa shape index (κ3) is 3.84. The second-order valence-electron chi connectivity index (χ2n) is 6.01. The van der Waals surface area contributed by atoms with Crippen LogP contribution in [-0.2, 0) is 0 Å². The van der Waals surface area contributed by atoms with Crippen LogP contribution in [0, 0.1) is 10.1 Å². The molecule has 28 heavy (non-hydrogen) atoms. The Balaban J connectivity index is 1.61. The van der Waals surface area contributed by atoms with Crippen molar-refractivity contribution in [2.45, 2.75) is 5.16 Å². The van der Waals surface area contributed by atoms with E-state index in [1.165, 1.54) is 12.1 Å². The van der Waals surface area contributed by atoms with Gasteiger partial charge in [0.25, 0.3) is 5.69 Å². The lowest BCUT2D eigenvalue weighted by atomic mass is 10.2. The predicted molar refractivity (Wildman–Crippen MR) is 110 cm³/mol. The van der Waals surface area contributed by atoms with Crippen molar-refractivity contribution in [2.75, 3.05) is 12.4 Å². The van der Waals surface area contributed by atoms with Crippen molar-refractivity contribution in [2.24, 2.45) is 0 Å². The Bertz CT molecular complexity index is 1100. The molecule has 0 saturated heterocycles. The van der Waals surface area contributed by atoms with Crippen molar-refractivity contribution in [3.63, 3.8) is 0 Å². The summed E-state index contributed by atoms with van der Waals surface area (Å²) in [6, 6.07) is 24.3. The van der Waals surface area contributed by atoms with Crippen molar-refractivity contribution in [1.29, 1.82) is 0 Å². The monoisotopic (exact) mass is 391 g/mol. The zero-order chi connectivity index (χ0) is 19.3. The van der Waals surface area contributed by atoms with Gasteiger partial charge in [-0.15, -0.1) is 0 Å². The highest BCUT2D eigenvalue weighted by Crippen LogP contribution is 2.30. The predicted octanol–water partition coefficient (Wildman–Crippen LogP) is 5.10. The van der Waals surface area contributed by atoms with Gasteiger partial charge >= 0.3 is 0 Å². The van der Waals surface area contributed by atoms with E-state index in [1.807, 2.05) is 65.2 Å². The van der Waals surface area contributed by atoms with E-state index in [1.54, 1.807) is 17.8 Å². The third-order valence-electron chi connectivity index (χ3n) is 4.16. The molecule has 6 nitrogen and oxygen atoms in total. The second kappa shape index (κ2) is 8.14. The number of non-ortho nitro benzene ring substituents is 1. The summed E-state index contributed by atoms with van der Waals surface area (Å²) in [5, 5.41) is 11.9. The normalized spacial score (nSPS) is 10.9. The number of hydrogen-bond acceptors (Lipinski definition) is 5. The SMILES string of the molecule is O=[N+]([O-])c1ccc2c(c1)nc(SCCOc1ccccc1)n2-c1ccccc1. The topological polar surface area (TPSA) is 70.2 Å². The van der Waals surface area contributed by atoms with Gasteiger partial charge in [0.05, 0.1) is 22.6 Å². The van der Waals surface area contributed by atoms with Crippen LogP contribution in [0.2, 0.25) is 0 Å². The molecule has 0 saturated carbocycles. The number of nitro groups is 1. The van der Waals surface area contributed by atoms with Crippen LogP contribution >= 0.6 is 11.8 Å². The Morgan fingerprint density at radius 1 is 1.00 bits per heavy atom. The molecule has 0 aliphatic carbocycles. The van der Waals surface area contributed by atoms with E-state index < -0.39 is 4.92 Å². The molecule has 4 rings (SSSR count). The molecule has 0 aliphatic heterocycles. The van der Waals surface area contributed by atoms with Gasteiger partial charge in [0.1, 0.15) is 5.75 Å². The zero-order valence-corrected chi connectivity index (χ0v) is 15.7. The van der Waals surface area contributed by atoms with Crippen LogP contribution in [0.4, 0.5) is 5.69 Å². The number of hydrogen-bond donors (Lipinski definition) is 0. The number of ether oxygens (including phenoxy) is 1. The molecule has 0 amide bonds. The molecule has 0 bridgehead atoms. The van der Waals surface area contributed by atoms with Crippen molar-refractivity contribution < 1.29 is 9.66 Å². The minimum Gasteiger partial charge on any atom is -0.493 e. The largest absolute Gasteiger partial charge is 0.493 e. The Labute approximate surface area is 165 Å². The maximum Gasteiger partial charge on any atom is 0.271 e. The first-order valence-corrected chi connectivity index (χ1v) is 9.74. The standard InChI is InChI=1S/C21H17N3O3S/c25-24(26)17-11-12-20-19(15-17)22-21(23(20)16-7-3-1-4-8-16)28-14-13-27-18-9-5-2-6-10-18/h1-12,15H,13-14H2. The summed E-state index contributed by atoms with van der Waals surface area (Å²) in [5.41, 5.74) is 2.44. The highest BCUT2D eigenvalue weighted by Gasteiger charge is 2.16. The number of aromatic nitrogens is 2. The molecule has 140 valence electrons. The van der Waals surface area contributed by atoms with Crippen molar-refractivity contribution in [3.05, 3.63) is 89.0 Å². The summed E-state index contributed by atoms with van der Waals surface area (Å²) in [6.45, 7) is 0.535. The lowest BCUT2D eigenvalue weighted by molar-refractivity contribution is -0.384. The highest BCUT2D eigenvalue weighted by molar-refractivity contribution is 7.99. The number of nitrogens with zero attached hydrogens (tertiary/aromatic N) is 3. The van der Waals surface area contributed by atoms with E-state index in [4.69, 9.17) is 4.74 Å². The number of fused-ring (bicyclic) bond motifs is 1. The number of imidazole rings is 1. The average molecular weight is 391 g/mol. The van der Waals surface area contributed by atoms with Gasteiger partial charge in [0.2, 0.25) is 0 Å². The minimum atomic E-state index is -0.401. The highest BCUT2D eigenvalue weighted by atomic mass is 32.2. The maximum absolute atomic E-state index is 11.1. The number of para-hydroxylation sites is 2. The third-order valence-corrected chi connectivity index (χ3v) is 5.06. The summed E-state index contributed by atoms with van der Waals surface area (Å²) in [5.74, 6) is 1.53. The van der Waals surface area contributed by atoms with E-state index in [0.717, 1.165) is 22.1 Å². The zero-order valence-electron chi connectivity index (χ0n) is 14.9. The number of thioether (sulfide) groups is 1. The van der Waals surface area contributed by atoms with E-state index in [2.05, 4.69) is 4.98 Å². The minimum absolute atomic E-state index is 0.0363. The van der Waals surface area contributed by atoms with Crippen LogP contribution in [-0.4, -0.2) is 26.8 Å². The van der Waals surface area contributed by atoms with Crippen molar-refractivity contribution >= 4 is 28.5 Å². The Morgan fingerprint density at radius 2 is 1.71 bits per heavy atom. The molecule has 0 fully saturated rings. The van der Waals surface area contributed by atoms with Gasteiger partial charge in [-0.25, -0.2) is 4.98 Å². The van der Waals surface area contributed by atoms with E-state index in [-0.39, 0.29) is 5.69 Å². The quantitative estimate of drug-likeness (QED) is 0.190. The van der Waals surface area contributed by atoms with Gasteiger partial charge in [-0.2, -0.15) is 0 Å². The van der Waals surface area contributed by atoms with Gasteiger partial charge in [0, 0.05) is 23.6 Å². The molecule has 0 N–H and O–H groups in total. The number of benzene rings is 3. The van der Waals surface area contributed by atoms with Gasteiger partial charge in [0.15, 0.2) is 5.16 Å². The van der Waals surface area contributed by atoms with Crippen molar-refractivity contribution in [1.82, 2.24) is 9.55 Å². The average Bonchev–Trinajstić information content (AvgIpc) is 3.10. The van der Waals surface area contributed by atoms with Gasteiger partial charge in [-0.3, -0.25) is 14.7 Å². The molecule has 7 heteroatoms. The van der Waals surface area contributed by atoms with Gasteiger partial charge < -0.3 is 4.74 Å². The lowest BCUT2D eigenvalue weighted by Crippen LogP contribution is -2.02. The molecule has 4 aromatic rings. The first-order chi connectivity index (χ1) is 13.7. The number of nitro benzene ring substituents is 1. The fourth-order valence-electron chi connectivity index (χ4n) is 2.89. The molecule has 0 radical (unpaired) electrons. The summed E-state index contributed by atoms with van der Waals surface area (Å²) in [4.78, 5) is 15.3. The van der Waals surface area contributed by atoms with Gasteiger partial charge in [-0.1, -0.05) is 48.2 Å². The fraction of sp³-hybridized carbons (Fsp3) is 0.0952. The smallest absolute Gasteiger partial charge is 0.271 e. The fourth-order valence-corrected chi connectivity index (χ4v) is 3.74. The van der Waals surface area contributed by atoms with E-state index in [9.17, 15) is 10.1 Å². The Hall–Kier alpha value is -3.32. The van der Waals surface area contributed by atoms with E-state index in [0.29, 0.717) is 17.9 Å². The van der Waals surface area contributed by atoms with Crippen LogP contribution in [0.5, 0.6) is 5.75 Å². The lowest BCUT2D eigenvalue weighted by Gasteiger charge is -2.09. The van der Waals surface area contributed by atoms with Crippen LogP contribution in [0.15, 0.2) is 84.0 Å². The van der Waals surface area contributed by atoms with Crippen LogP contribution in [0.3, 0.4) is 0 Å².